The van der Waals surface area contributed by atoms with Crippen molar-refractivity contribution < 1.29 is 9.53 Å². The first-order chi connectivity index (χ1) is 8.96. The van der Waals surface area contributed by atoms with E-state index in [0.717, 1.165) is 25.2 Å². The number of carbonyl (C=O) groups excluding carboxylic acids is 1. The highest BCUT2D eigenvalue weighted by Gasteiger charge is 2.45. The lowest BCUT2D eigenvalue weighted by Crippen LogP contribution is -2.49. The lowest BCUT2D eigenvalue weighted by atomic mass is 9.86. The van der Waals surface area contributed by atoms with Gasteiger partial charge in [0.05, 0.1) is 7.11 Å². The van der Waals surface area contributed by atoms with Crippen LogP contribution in [0.25, 0.3) is 0 Å². The second-order valence-electron chi connectivity index (χ2n) is 6.62. The molecule has 0 bridgehead atoms. The van der Waals surface area contributed by atoms with Gasteiger partial charge in [-0.05, 0) is 57.9 Å². The van der Waals surface area contributed by atoms with E-state index in [1.807, 2.05) is 0 Å². The van der Waals surface area contributed by atoms with E-state index in [4.69, 9.17) is 10.5 Å². The molecule has 0 heterocycles. The Labute approximate surface area is 116 Å². The Morgan fingerprint density at radius 2 is 1.84 bits per heavy atom. The molecule has 0 saturated heterocycles. The highest BCUT2D eigenvalue weighted by molar-refractivity contribution is 5.81. The lowest BCUT2D eigenvalue weighted by molar-refractivity contribution is -0.147. The fourth-order valence-electron chi connectivity index (χ4n) is 3.73. The molecule has 2 atom stereocenters. The SMILES string of the molecule is COC(=O)C1(N)CCC(N(C)C2CCC(C)CC2)C1. The predicted octanol–water partition coefficient (Wildman–Crippen LogP) is 1.92. The number of ether oxygens (including phenoxy) is 1. The zero-order valence-electron chi connectivity index (χ0n) is 12.5. The molecule has 0 radical (unpaired) electrons. The van der Waals surface area contributed by atoms with E-state index in [2.05, 4.69) is 18.9 Å². The largest absolute Gasteiger partial charge is 0.468 e. The summed E-state index contributed by atoms with van der Waals surface area (Å²) in [5, 5.41) is 0. The van der Waals surface area contributed by atoms with Gasteiger partial charge in [0.2, 0.25) is 0 Å². The Kier molecular flexibility index (Phi) is 4.51. The van der Waals surface area contributed by atoms with Crippen molar-refractivity contribution in [1.82, 2.24) is 4.90 Å². The van der Waals surface area contributed by atoms with Crippen LogP contribution in [0.15, 0.2) is 0 Å². The smallest absolute Gasteiger partial charge is 0.325 e. The number of nitrogens with two attached hydrogens (primary N) is 1. The van der Waals surface area contributed by atoms with Crippen LogP contribution in [-0.2, 0) is 9.53 Å². The molecule has 2 aliphatic rings. The molecule has 2 fully saturated rings. The molecule has 0 spiro atoms. The van der Waals surface area contributed by atoms with Crippen LogP contribution in [0.3, 0.4) is 0 Å². The first kappa shape index (κ1) is 14.8. The molecule has 0 aromatic rings. The Bertz CT molecular complexity index is 326. The summed E-state index contributed by atoms with van der Waals surface area (Å²) in [5.74, 6) is 0.623. The molecule has 2 rings (SSSR count). The summed E-state index contributed by atoms with van der Waals surface area (Å²) in [6, 6.07) is 1.10. The highest BCUT2D eigenvalue weighted by atomic mass is 16.5. The molecular weight excluding hydrogens is 240 g/mol. The Balaban J connectivity index is 1.91. The number of nitrogens with zero attached hydrogens (tertiary/aromatic N) is 1. The van der Waals surface area contributed by atoms with Gasteiger partial charge >= 0.3 is 5.97 Å². The lowest BCUT2D eigenvalue weighted by Gasteiger charge is -2.37. The fraction of sp³-hybridized carbons (Fsp3) is 0.933. The third kappa shape index (κ3) is 3.11. The van der Waals surface area contributed by atoms with Crippen molar-refractivity contribution in [1.29, 1.82) is 0 Å². The molecule has 2 aliphatic carbocycles. The normalized spacial score (nSPS) is 39.5. The predicted molar refractivity (Wildman–Crippen MR) is 75.8 cm³/mol. The minimum absolute atomic E-state index is 0.249. The molecule has 2 saturated carbocycles. The van der Waals surface area contributed by atoms with Gasteiger partial charge in [-0.3, -0.25) is 4.79 Å². The van der Waals surface area contributed by atoms with Crippen molar-refractivity contribution >= 4 is 5.97 Å². The monoisotopic (exact) mass is 268 g/mol. The first-order valence-electron chi connectivity index (χ1n) is 7.55. The summed E-state index contributed by atoms with van der Waals surface area (Å²) in [6.07, 6.45) is 7.71. The summed E-state index contributed by atoms with van der Waals surface area (Å²) >= 11 is 0. The van der Waals surface area contributed by atoms with Crippen molar-refractivity contribution in [2.24, 2.45) is 11.7 Å². The maximum absolute atomic E-state index is 11.8. The number of hydrogen-bond donors (Lipinski definition) is 1. The number of esters is 1. The van der Waals surface area contributed by atoms with Crippen molar-refractivity contribution in [2.75, 3.05) is 14.2 Å². The summed E-state index contributed by atoms with van der Waals surface area (Å²) < 4.78 is 4.84. The maximum atomic E-state index is 11.8. The molecule has 0 aliphatic heterocycles. The van der Waals surface area contributed by atoms with E-state index in [1.54, 1.807) is 0 Å². The molecule has 4 heteroatoms. The van der Waals surface area contributed by atoms with Gasteiger partial charge in [-0.15, -0.1) is 0 Å². The van der Waals surface area contributed by atoms with Gasteiger partial charge in [-0.1, -0.05) is 6.92 Å². The van der Waals surface area contributed by atoms with Crippen molar-refractivity contribution in [3.8, 4) is 0 Å². The Morgan fingerprint density at radius 1 is 1.21 bits per heavy atom. The van der Waals surface area contributed by atoms with E-state index in [-0.39, 0.29) is 5.97 Å². The molecule has 0 amide bonds. The number of methoxy groups -OCH3 is 1. The summed E-state index contributed by atoms with van der Waals surface area (Å²) in [6.45, 7) is 2.34. The zero-order chi connectivity index (χ0) is 14.0. The maximum Gasteiger partial charge on any atom is 0.325 e. The number of carbonyl (C=O) groups is 1. The van der Waals surface area contributed by atoms with Crippen LogP contribution in [0.5, 0.6) is 0 Å². The molecule has 2 N–H and O–H groups in total. The third-order valence-corrected chi connectivity index (χ3v) is 5.25. The van der Waals surface area contributed by atoms with Crippen LogP contribution in [0.2, 0.25) is 0 Å². The molecule has 0 aromatic carbocycles. The van der Waals surface area contributed by atoms with E-state index in [0.29, 0.717) is 12.1 Å². The minimum atomic E-state index is -0.754. The van der Waals surface area contributed by atoms with Gasteiger partial charge in [0.15, 0.2) is 0 Å². The zero-order valence-corrected chi connectivity index (χ0v) is 12.5. The molecule has 4 nitrogen and oxygen atoms in total. The van der Waals surface area contributed by atoms with Gasteiger partial charge in [-0.25, -0.2) is 0 Å². The topological polar surface area (TPSA) is 55.6 Å². The number of rotatable bonds is 3. The van der Waals surface area contributed by atoms with Crippen molar-refractivity contribution in [3.05, 3.63) is 0 Å². The van der Waals surface area contributed by atoms with Crippen LogP contribution in [-0.4, -0.2) is 42.6 Å². The van der Waals surface area contributed by atoms with E-state index < -0.39 is 5.54 Å². The van der Waals surface area contributed by atoms with Gasteiger partial charge in [0.25, 0.3) is 0 Å². The van der Waals surface area contributed by atoms with Crippen molar-refractivity contribution in [2.45, 2.75) is 69.5 Å². The van der Waals surface area contributed by atoms with Crippen LogP contribution < -0.4 is 5.73 Å². The summed E-state index contributed by atoms with van der Waals surface area (Å²) in [7, 11) is 3.63. The van der Waals surface area contributed by atoms with Gasteiger partial charge in [-0.2, -0.15) is 0 Å². The van der Waals surface area contributed by atoms with Crippen LogP contribution in [0.4, 0.5) is 0 Å². The highest BCUT2D eigenvalue weighted by Crippen LogP contribution is 2.35. The second kappa shape index (κ2) is 5.80. The summed E-state index contributed by atoms with van der Waals surface area (Å²) in [5.41, 5.74) is 5.44. The Morgan fingerprint density at radius 3 is 2.42 bits per heavy atom. The third-order valence-electron chi connectivity index (χ3n) is 5.25. The molecular formula is C15H28N2O2. The quantitative estimate of drug-likeness (QED) is 0.795. The fourth-order valence-corrected chi connectivity index (χ4v) is 3.73. The van der Waals surface area contributed by atoms with Gasteiger partial charge < -0.3 is 15.4 Å². The van der Waals surface area contributed by atoms with E-state index in [9.17, 15) is 4.79 Å². The molecule has 19 heavy (non-hydrogen) atoms. The average Bonchev–Trinajstić information content (AvgIpc) is 2.82. The summed E-state index contributed by atoms with van der Waals surface area (Å²) in [4.78, 5) is 14.2. The van der Waals surface area contributed by atoms with Crippen LogP contribution >= 0.6 is 0 Å². The Hall–Kier alpha value is -0.610. The second-order valence-corrected chi connectivity index (χ2v) is 6.62. The van der Waals surface area contributed by atoms with Crippen LogP contribution in [0, 0.1) is 5.92 Å². The first-order valence-corrected chi connectivity index (χ1v) is 7.55. The van der Waals surface area contributed by atoms with Crippen LogP contribution in [0.1, 0.15) is 51.9 Å². The average molecular weight is 268 g/mol. The van der Waals surface area contributed by atoms with Gasteiger partial charge in [0.1, 0.15) is 5.54 Å². The van der Waals surface area contributed by atoms with E-state index in [1.165, 1.54) is 32.8 Å². The van der Waals surface area contributed by atoms with Crippen molar-refractivity contribution in [3.63, 3.8) is 0 Å². The number of hydrogen-bond acceptors (Lipinski definition) is 4. The molecule has 0 aromatic heterocycles. The standard InChI is InChI=1S/C15H28N2O2/c1-11-4-6-12(7-5-11)17(2)13-8-9-15(16,10-13)14(18)19-3/h11-13H,4-10,16H2,1-3H3. The van der Waals surface area contributed by atoms with E-state index >= 15 is 0 Å². The molecule has 110 valence electrons. The minimum Gasteiger partial charge on any atom is -0.468 e. The van der Waals surface area contributed by atoms with Gasteiger partial charge in [0, 0.05) is 12.1 Å². The molecule has 2 unspecified atom stereocenters.